The Labute approximate surface area is 118 Å². The number of thioether (sulfide) groups is 1. The van der Waals surface area contributed by atoms with Crippen LogP contribution in [0.2, 0.25) is 0 Å². The van der Waals surface area contributed by atoms with E-state index in [0.717, 1.165) is 16.8 Å². The van der Waals surface area contributed by atoms with Gasteiger partial charge in [0.25, 0.3) is 0 Å². The van der Waals surface area contributed by atoms with Gasteiger partial charge in [-0.2, -0.15) is 16.7 Å². The average Bonchev–Trinajstić information content (AvgIpc) is 3.07. The zero-order valence-electron chi connectivity index (χ0n) is 11.7. The Bertz CT molecular complexity index is 367. The molecule has 0 aliphatic heterocycles. The molecular formula is C13H23N3O2S. The van der Waals surface area contributed by atoms with Crippen molar-refractivity contribution < 1.29 is 9.26 Å². The first-order chi connectivity index (χ1) is 9.31. The van der Waals surface area contributed by atoms with Crippen LogP contribution in [0.25, 0.3) is 0 Å². The summed E-state index contributed by atoms with van der Waals surface area (Å²) in [5.41, 5.74) is 0. The van der Waals surface area contributed by atoms with Crippen molar-refractivity contribution >= 4 is 11.8 Å². The van der Waals surface area contributed by atoms with E-state index >= 15 is 0 Å². The summed E-state index contributed by atoms with van der Waals surface area (Å²) in [4.78, 5) is 4.45. The monoisotopic (exact) mass is 285 g/mol. The third-order valence-electron chi connectivity index (χ3n) is 3.46. The highest BCUT2D eigenvalue weighted by Crippen LogP contribution is 2.30. The minimum Gasteiger partial charge on any atom is -0.383 e. The minimum absolute atomic E-state index is 0.223. The van der Waals surface area contributed by atoms with Gasteiger partial charge in [-0.1, -0.05) is 18.0 Å². The number of aromatic nitrogens is 2. The summed E-state index contributed by atoms with van der Waals surface area (Å²) < 4.78 is 10.4. The fourth-order valence-corrected chi connectivity index (χ4v) is 3.50. The van der Waals surface area contributed by atoms with Gasteiger partial charge >= 0.3 is 0 Å². The van der Waals surface area contributed by atoms with Gasteiger partial charge < -0.3 is 14.6 Å². The van der Waals surface area contributed by atoms with Gasteiger partial charge in [-0.15, -0.1) is 0 Å². The molecule has 19 heavy (non-hydrogen) atoms. The predicted octanol–water partition coefficient (Wildman–Crippen LogP) is 2.02. The summed E-state index contributed by atoms with van der Waals surface area (Å²) >= 11 is 1.96. The van der Waals surface area contributed by atoms with E-state index in [1.807, 2.05) is 18.8 Å². The molecule has 1 heterocycles. The molecule has 0 amide bonds. The minimum atomic E-state index is 0.223. The van der Waals surface area contributed by atoms with Crippen LogP contribution in [-0.4, -0.2) is 42.2 Å². The number of methoxy groups -OCH3 is 1. The van der Waals surface area contributed by atoms with Crippen LogP contribution in [0.15, 0.2) is 4.52 Å². The lowest BCUT2D eigenvalue weighted by Gasteiger charge is -2.11. The van der Waals surface area contributed by atoms with Crippen LogP contribution in [0.1, 0.15) is 37.4 Å². The molecule has 1 atom stereocenters. The second-order valence-electron chi connectivity index (χ2n) is 4.97. The van der Waals surface area contributed by atoms with Crippen LogP contribution >= 0.6 is 11.8 Å². The van der Waals surface area contributed by atoms with E-state index in [0.29, 0.717) is 18.9 Å². The first-order valence-corrected chi connectivity index (χ1v) is 7.96. The zero-order chi connectivity index (χ0) is 13.5. The van der Waals surface area contributed by atoms with Crippen LogP contribution < -0.4 is 5.32 Å². The fraction of sp³-hybridized carbons (Fsp3) is 0.846. The summed E-state index contributed by atoms with van der Waals surface area (Å²) in [6, 6.07) is 0.223. The van der Waals surface area contributed by atoms with Gasteiger partial charge in [0.2, 0.25) is 5.89 Å². The fourth-order valence-electron chi connectivity index (χ4n) is 2.34. The van der Waals surface area contributed by atoms with E-state index in [2.05, 4.69) is 15.5 Å². The van der Waals surface area contributed by atoms with E-state index in [1.54, 1.807) is 7.11 Å². The highest BCUT2D eigenvalue weighted by Gasteiger charge is 2.17. The molecule has 1 unspecified atom stereocenters. The average molecular weight is 285 g/mol. The largest absolute Gasteiger partial charge is 0.383 e. The Morgan fingerprint density at radius 2 is 2.26 bits per heavy atom. The van der Waals surface area contributed by atoms with Crippen molar-refractivity contribution in [3.05, 3.63) is 11.7 Å². The van der Waals surface area contributed by atoms with Gasteiger partial charge in [0, 0.05) is 24.8 Å². The molecule has 2 rings (SSSR count). The summed E-state index contributed by atoms with van der Waals surface area (Å²) in [7, 11) is 3.61. The lowest BCUT2D eigenvalue weighted by molar-refractivity contribution is 0.165. The molecule has 0 saturated heterocycles. The maximum Gasteiger partial charge on any atom is 0.228 e. The molecule has 1 fully saturated rings. The SMILES string of the molecule is CNC(COC)Cc1nc(CSC2CCCC2)no1. The second kappa shape index (κ2) is 7.87. The smallest absolute Gasteiger partial charge is 0.228 e. The number of nitrogens with one attached hydrogen (secondary N) is 1. The number of rotatable bonds is 8. The van der Waals surface area contributed by atoms with Crippen LogP contribution in [0.4, 0.5) is 0 Å². The van der Waals surface area contributed by atoms with Crippen molar-refractivity contribution in [3.8, 4) is 0 Å². The molecule has 1 aliphatic rings. The molecule has 108 valence electrons. The molecule has 1 N–H and O–H groups in total. The van der Waals surface area contributed by atoms with E-state index < -0.39 is 0 Å². The molecule has 1 aromatic heterocycles. The van der Waals surface area contributed by atoms with Crippen molar-refractivity contribution in [1.29, 1.82) is 0 Å². The highest BCUT2D eigenvalue weighted by molar-refractivity contribution is 7.99. The van der Waals surface area contributed by atoms with Crippen molar-refractivity contribution in [3.63, 3.8) is 0 Å². The van der Waals surface area contributed by atoms with Crippen LogP contribution in [0.5, 0.6) is 0 Å². The van der Waals surface area contributed by atoms with Gasteiger partial charge in [0.15, 0.2) is 5.82 Å². The lowest BCUT2D eigenvalue weighted by Crippen LogP contribution is -2.32. The van der Waals surface area contributed by atoms with Gasteiger partial charge in [-0.05, 0) is 19.9 Å². The van der Waals surface area contributed by atoms with Gasteiger partial charge in [0.1, 0.15) is 0 Å². The Balaban J connectivity index is 1.77. The van der Waals surface area contributed by atoms with Crippen LogP contribution in [0.3, 0.4) is 0 Å². The summed E-state index contributed by atoms with van der Waals surface area (Å²) in [6.07, 6.45) is 6.13. The number of hydrogen-bond acceptors (Lipinski definition) is 6. The molecule has 0 spiro atoms. The predicted molar refractivity (Wildman–Crippen MR) is 76.3 cm³/mol. The molecule has 1 saturated carbocycles. The lowest BCUT2D eigenvalue weighted by atomic mass is 10.2. The quantitative estimate of drug-likeness (QED) is 0.788. The maximum atomic E-state index is 5.29. The Morgan fingerprint density at radius 3 is 2.95 bits per heavy atom. The standard InChI is InChI=1S/C13H23N3O2S/c1-14-10(8-17-2)7-13-15-12(16-18-13)9-19-11-5-3-4-6-11/h10-11,14H,3-9H2,1-2H3. The topological polar surface area (TPSA) is 60.2 Å². The third kappa shape index (κ3) is 4.78. The van der Waals surface area contributed by atoms with Crippen molar-refractivity contribution in [2.24, 2.45) is 0 Å². The maximum absolute atomic E-state index is 5.29. The summed E-state index contributed by atoms with van der Waals surface area (Å²) in [5, 5.41) is 8.02. The van der Waals surface area contributed by atoms with Gasteiger partial charge in [0.05, 0.1) is 12.4 Å². The Morgan fingerprint density at radius 1 is 1.47 bits per heavy atom. The normalized spacial score (nSPS) is 18.0. The van der Waals surface area contributed by atoms with E-state index in [-0.39, 0.29) is 6.04 Å². The first kappa shape index (κ1) is 14.8. The molecule has 1 aromatic rings. The van der Waals surface area contributed by atoms with Crippen molar-refractivity contribution in [1.82, 2.24) is 15.5 Å². The number of hydrogen-bond donors (Lipinski definition) is 1. The molecule has 5 nitrogen and oxygen atoms in total. The number of nitrogens with zero attached hydrogens (tertiary/aromatic N) is 2. The van der Waals surface area contributed by atoms with Crippen molar-refractivity contribution in [2.45, 2.75) is 49.1 Å². The van der Waals surface area contributed by atoms with E-state index in [1.165, 1.54) is 25.7 Å². The number of ether oxygens (including phenoxy) is 1. The Hall–Kier alpha value is -0.590. The van der Waals surface area contributed by atoms with Gasteiger partial charge in [-0.25, -0.2) is 0 Å². The number of likely N-dealkylation sites (N-methyl/N-ethyl adjacent to an activating group) is 1. The van der Waals surface area contributed by atoms with E-state index in [4.69, 9.17) is 9.26 Å². The molecule has 0 bridgehead atoms. The second-order valence-corrected chi connectivity index (χ2v) is 6.26. The van der Waals surface area contributed by atoms with E-state index in [9.17, 15) is 0 Å². The molecule has 0 radical (unpaired) electrons. The molecule has 6 heteroatoms. The summed E-state index contributed by atoms with van der Waals surface area (Å²) in [6.45, 7) is 0.644. The highest BCUT2D eigenvalue weighted by atomic mass is 32.2. The summed E-state index contributed by atoms with van der Waals surface area (Å²) in [5.74, 6) is 2.38. The zero-order valence-corrected chi connectivity index (χ0v) is 12.5. The van der Waals surface area contributed by atoms with Crippen LogP contribution in [-0.2, 0) is 16.9 Å². The van der Waals surface area contributed by atoms with Crippen LogP contribution in [0, 0.1) is 0 Å². The van der Waals surface area contributed by atoms with Gasteiger partial charge in [-0.3, -0.25) is 0 Å². The third-order valence-corrected chi connectivity index (χ3v) is 4.83. The molecular weight excluding hydrogens is 262 g/mol. The molecule has 1 aliphatic carbocycles. The molecule has 0 aromatic carbocycles. The first-order valence-electron chi connectivity index (χ1n) is 6.91. The Kier molecular flexibility index (Phi) is 6.13. The van der Waals surface area contributed by atoms with Crippen molar-refractivity contribution in [2.75, 3.05) is 20.8 Å².